The van der Waals surface area contributed by atoms with Crippen LogP contribution in [0.2, 0.25) is 0 Å². The Bertz CT molecular complexity index is 1080. The molecule has 1 aliphatic rings. The second-order valence-corrected chi connectivity index (χ2v) is 7.99. The van der Waals surface area contributed by atoms with Gasteiger partial charge in [0.05, 0.1) is 0 Å². The van der Waals surface area contributed by atoms with Crippen LogP contribution in [0, 0.1) is 6.92 Å². The minimum Gasteiger partial charge on any atom is -0.351 e. The summed E-state index contributed by atoms with van der Waals surface area (Å²) in [6, 6.07) is 16.7. The van der Waals surface area contributed by atoms with Crippen molar-refractivity contribution in [2.24, 2.45) is 7.05 Å². The van der Waals surface area contributed by atoms with E-state index in [1.165, 1.54) is 22.3 Å². The molecule has 3 aromatic rings. The molecule has 2 aromatic carbocycles. The van der Waals surface area contributed by atoms with Crippen LogP contribution in [0.25, 0.3) is 11.1 Å². The van der Waals surface area contributed by atoms with Crippen LogP contribution in [-0.4, -0.2) is 22.9 Å². The Hall–Kier alpha value is -3.34. The maximum atomic E-state index is 12.3. The second-order valence-electron chi connectivity index (χ2n) is 7.99. The zero-order valence-electron chi connectivity index (χ0n) is 17.5. The third-order valence-corrected chi connectivity index (χ3v) is 5.59. The number of aryl methyl sites for hydroxylation is 4. The molecule has 0 saturated heterocycles. The average Bonchev–Trinajstić information content (AvgIpc) is 3.09. The van der Waals surface area contributed by atoms with Gasteiger partial charge in [0.15, 0.2) is 0 Å². The number of aromatic nitrogens is 1. The largest absolute Gasteiger partial charge is 0.351 e. The minimum atomic E-state index is -0.0236. The van der Waals surface area contributed by atoms with E-state index in [0.29, 0.717) is 18.7 Å². The smallest absolute Gasteiger partial charge is 0.267 e. The van der Waals surface area contributed by atoms with Crippen molar-refractivity contribution in [1.82, 2.24) is 9.88 Å². The van der Waals surface area contributed by atoms with Crippen LogP contribution >= 0.6 is 0 Å². The van der Waals surface area contributed by atoms with E-state index in [4.69, 9.17) is 0 Å². The molecule has 154 valence electrons. The monoisotopic (exact) mass is 401 g/mol. The number of carbonyl (C=O) groups excluding carboxylic acids is 2. The van der Waals surface area contributed by atoms with E-state index in [9.17, 15) is 9.59 Å². The lowest BCUT2D eigenvalue weighted by atomic mass is 9.96. The van der Waals surface area contributed by atoms with Crippen molar-refractivity contribution in [3.63, 3.8) is 0 Å². The minimum absolute atomic E-state index is 0.0236. The Kier molecular flexibility index (Phi) is 5.70. The van der Waals surface area contributed by atoms with Crippen molar-refractivity contribution >= 4 is 17.5 Å². The summed E-state index contributed by atoms with van der Waals surface area (Å²) in [4.78, 5) is 23.8. The number of anilines is 1. The molecule has 5 nitrogen and oxygen atoms in total. The first kappa shape index (κ1) is 20.0. The number of hydrogen-bond donors (Lipinski definition) is 2. The molecule has 4 rings (SSSR count). The Morgan fingerprint density at radius 2 is 1.83 bits per heavy atom. The number of fused-ring (bicyclic) bond motifs is 1. The van der Waals surface area contributed by atoms with Crippen molar-refractivity contribution in [2.75, 3.05) is 11.9 Å². The van der Waals surface area contributed by atoms with Gasteiger partial charge in [-0.1, -0.05) is 30.3 Å². The van der Waals surface area contributed by atoms with Gasteiger partial charge in [-0.05, 0) is 72.2 Å². The normalized spacial score (nSPS) is 12.9. The molecule has 30 heavy (non-hydrogen) atoms. The van der Waals surface area contributed by atoms with E-state index in [-0.39, 0.29) is 11.8 Å². The van der Waals surface area contributed by atoms with E-state index in [1.54, 1.807) is 0 Å². The molecule has 2 N–H and O–H groups in total. The van der Waals surface area contributed by atoms with Crippen molar-refractivity contribution in [3.05, 3.63) is 77.1 Å². The number of hydrogen-bond acceptors (Lipinski definition) is 2. The van der Waals surface area contributed by atoms with Gasteiger partial charge in [-0.15, -0.1) is 0 Å². The molecule has 1 aliphatic heterocycles. The van der Waals surface area contributed by atoms with Crippen LogP contribution in [0.5, 0.6) is 0 Å². The molecule has 2 heterocycles. The fourth-order valence-corrected chi connectivity index (χ4v) is 3.97. The first-order valence-corrected chi connectivity index (χ1v) is 10.4. The number of carbonyl (C=O) groups is 2. The number of benzene rings is 2. The highest BCUT2D eigenvalue weighted by Gasteiger charge is 2.15. The molecule has 0 bridgehead atoms. The van der Waals surface area contributed by atoms with Gasteiger partial charge < -0.3 is 15.2 Å². The highest BCUT2D eigenvalue weighted by molar-refractivity contribution is 5.94. The molecular formula is C25H27N3O2. The van der Waals surface area contributed by atoms with Crippen molar-refractivity contribution < 1.29 is 9.59 Å². The third-order valence-electron chi connectivity index (χ3n) is 5.59. The fraction of sp³-hybridized carbons (Fsp3) is 0.280. The van der Waals surface area contributed by atoms with Crippen LogP contribution in [0.3, 0.4) is 0 Å². The molecule has 1 aromatic heterocycles. The average molecular weight is 402 g/mol. The van der Waals surface area contributed by atoms with Gasteiger partial charge in [-0.2, -0.15) is 0 Å². The number of rotatable bonds is 6. The zero-order chi connectivity index (χ0) is 21.1. The van der Waals surface area contributed by atoms with Crippen LogP contribution in [0.1, 0.15) is 40.0 Å². The first-order chi connectivity index (χ1) is 14.5. The number of amides is 2. The Balaban J connectivity index is 1.30. The Labute approximate surface area is 177 Å². The highest BCUT2D eigenvalue weighted by Crippen LogP contribution is 2.29. The summed E-state index contributed by atoms with van der Waals surface area (Å²) in [6.45, 7) is 2.64. The zero-order valence-corrected chi connectivity index (χ0v) is 17.5. The quantitative estimate of drug-likeness (QED) is 0.607. The predicted molar refractivity (Wildman–Crippen MR) is 120 cm³/mol. The summed E-state index contributed by atoms with van der Waals surface area (Å²) < 4.78 is 1.86. The van der Waals surface area contributed by atoms with Crippen molar-refractivity contribution in [2.45, 2.75) is 32.6 Å². The highest BCUT2D eigenvalue weighted by atomic mass is 16.2. The van der Waals surface area contributed by atoms with Gasteiger partial charge in [-0.3, -0.25) is 9.59 Å². The van der Waals surface area contributed by atoms with E-state index >= 15 is 0 Å². The Morgan fingerprint density at radius 1 is 1.07 bits per heavy atom. The van der Waals surface area contributed by atoms with Crippen LogP contribution in [0.4, 0.5) is 5.69 Å². The van der Waals surface area contributed by atoms with Crippen molar-refractivity contribution in [3.8, 4) is 11.1 Å². The van der Waals surface area contributed by atoms with E-state index in [2.05, 4.69) is 47.0 Å². The maximum absolute atomic E-state index is 12.3. The lowest BCUT2D eigenvalue weighted by molar-refractivity contribution is -0.116. The summed E-state index contributed by atoms with van der Waals surface area (Å²) >= 11 is 0. The molecular weight excluding hydrogens is 374 g/mol. The van der Waals surface area contributed by atoms with Gasteiger partial charge in [0.1, 0.15) is 5.69 Å². The molecule has 0 radical (unpaired) electrons. The molecule has 0 saturated carbocycles. The molecule has 0 fully saturated rings. The lowest BCUT2D eigenvalue weighted by Gasteiger charge is -2.17. The second kappa shape index (κ2) is 8.57. The van der Waals surface area contributed by atoms with Crippen molar-refractivity contribution in [1.29, 1.82) is 0 Å². The summed E-state index contributed by atoms with van der Waals surface area (Å²) in [7, 11) is 1.89. The summed E-state index contributed by atoms with van der Waals surface area (Å²) in [6.07, 6.45) is 5.11. The first-order valence-electron chi connectivity index (χ1n) is 10.4. The van der Waals surface area contributed by atoms with Crippen LogP contribution in [0.15, 0.2) is 54.7 Å². The van der Waals surface area contributed by atoms with Crippen LogP contribution in [-0.2, 0) is 24.7 Å². The molecule has 0 unspecified atom stereocenters. The van der Waals surface area contributed by atoms with Gasteiger partial charge in [0, 0.05) is 31.9 Å². The topological polar surface area (TPSA) is 63.1 Å². The summed E-state index contributed by atoms with van der Waals surface area (Å²) in [5.74, 6) is 0.0686. The SMILES string of the molecule is Cc1cc(C(=O)NCCCc2ccc(-c3ccc4c(c3)CCC(=O)N4)cc2)n(C)c1. The fourth-order valence-electron chi connectivity index (χ4n) is 3.97. The maximum Gasteiger partial charge on any atom is 0.267 e. The lowest BCUT2D eigenvalue weighted by Crippen LogP contribution is -2.26. The summed E-state index contributed by atoms with van der Waals surface area (Å²) in [5, 5.41) is 5.93. The molecule has 0 spiro atoms. The standard InChI is InChI=1S/C25H27N3O2/c1-17-14-23(28(2)16-17)25(30)26-13-3-4-18-5-7-19(8-6-18)20-9-11-22-21(15-20)10-12-24(29)27-22/h5-9,11,14-16H,3-4,10,12-13H2,1-2H3,(H,26,30)(H,27,29). The van der Waals surface area contributed by atoms with Gasteiger partial charge in [0.2, 0.25) is 5.91 Å². The van der Waals surface area contributed by atoms with E-state index in [0.717, 1.165) is 30.5 Å². The van der Waals surface area contributed by atoms with Gasteiger partial charge >= 0.3 is 0 Å². The predicted octanol–water partition coefficient (Wildman–Crippen LogP) is 4.25. The molecule has 5 heteroatoms. The summed E-state index contributed by atoms with van der Waals surface area (Å²) in [5.41, 5.74) is 7.51. The third kappa shape index (κ3) is 4.46. The van der Waals surface area contributed by atoms with Crippen LogP contribution < -0.4 is 10.6 Å². The number of nitrogens with one attached hydrogen (secondary N) is 2. The number of nitrogens with zero attached hydrogens (tertiary/aromatic N) is 1. The Morgan fingerprint density at radius 3 is 2.57 bits per heavy atom. The molecule has 2 amide bonds. The molecule has 0 atom stereocenters. The van der Waals surface area contributed by atoms with E-state index in [1.807, 2.05) is 36.9 Å². The van der Waals surface area contributed by atoms with Gasteiger partial charge in [0.25, 0.3) is 5.91 Å². The van der Waals surface area contributed by atoms with Gasteiger partial charge in [-0.25, -0.2) is 0 Å². The van der Waals surface area contributed by atoms with E-state index < -0.39 is 0 Å². The molecule has 0 aliphatic carbocycles.